The van der Waals surface area contributed by atoms with Gasteiger partial charge in [-0.05, 0) is 44.1 Å². The predicted molar refractivity (Wildman–Crippen MR) is 197 cm³/mol. The van der Waals surface area contributed by atoms with E-state index in [0.29, 0.717) is 0 Å². The Morgan fingerprint density at radius 2 is 1.53 bits per heavy atom. The van der Waals surface area contributed by atoms with Crippen molar-refractivity contribution in [2.45, 2.75) is 113 Å². The summed E-state index contributed by atoms with van der Waals surface area (Å²) in [7, 11) is 0. The van der Waals surface area contributed by atoms with E-state index in [1.165, 1.54) is 32.0 Å². The Balaban J connectivity index is 0.000000322. The molecule has 47 heavy (non-hydrogen) atoms. The maximum atomic E-state index is 11.7. The second kappa shape index (κ2) is 15.6. The number of nitrogens with zero attached hydrogens (tertiary/aromatic N) is 1. The quantitative estimate of drug-likeness (QED) is 0.0961. The molecule has 5 aromatic rings. The molecule has 0 aliphatic heterocycles. The average molecular weight is 831 g/mol. The Kier molecular flexibility index (Phi) is 12.8. The second-order valence-corrected chi connectivity index (χ2v) is 15.5. The van der Waals surface area contributed by atoms with E-state index in [0.717, 1.165) is 59.1 Å². The van der Waals surface area contributed by atoms with Crippen molar-refractivity contribution in [1.82, 2.24) is 4.98 Å². The molecule has 5 rings (SSSR count). The minimum atomic E-state index is -0.0151. The fourth-order valence-electron chi connectivity index (χ4n) is 6.30. The molecular formula is C41H52IrNO3S-. The van der Waals surface area contributed by atoms with Crippen molar-refractivity contribution in [3.8, 4) is 11.3 Å². The van der Waals surface area contributed by atoms with Gasteiger partial charge in [-0.2, -0.15) is 0 Å². The van der Waals surface area contributed by atoms with E-state index in [4.69, 9.17) is 9.40 Å². The van der Waals surface area contributed by atoms with Gasteiger partial charge in [-0.1, -0.05) is 98.4 Å². The van der Waals surface area contributed by atoms with E-state index in [1.54, 1.807) is 11.3 Å². The molecule has 0 fully saturated rings. The number of benzene rings is 2. The van der Waals surface area contributed by atoms with Crippen LogP contribution >= 0.6 is 11.3 Å². The molecule has 0 saturated heterocycles. The van der Waals surface area contributed by atoms with Crippen LogP contribution in [0.25, 0.3) is 42.4 Å². The van der Waals surface area contributed by atoms with Crippen molar-refractivity contribution in [1.29, 1.82) is 0 Å². The summed E-state index contributed by atoms with van der Waals surface area (Å²) in [6.07, 6.45) is 6.81. The van der Waals surface area contributed by atoms with Crippen LogP contribution in [0.2, 0.25) is 0 Å². The molecule has 0 bridgehead atoms. The summed E-state index contributed by atoms with van der Waals surface area (Å²) >= 11 is 1.79. The zero-order valence-electron chi connectivity index (χ0n) is 30.1. The third-order valence-electron chi connectivity index (χ3n) is 9.05. The summed E-state index contributed by atoms with van der Waals surface area (Å²) in [5.74, 6) is 1.62. The average Bonchev–Trinajstić information content (AvgIpc) is 3.54. The first-order chi connectivity index (χ1) is 21.7. The number of rotatable bonds is 8. The number of thiophene rings is 1. The van der Waals surface area contributed by atoms with Crippen molar-refractivity contribution in [2.24, 2.45) is 11.8 Å². The zero-order chi connectivity index (χ0) is 34.0. The molecule has 255 valence electrons. The van der Waals surface area contributed by atoms with Gasteiger partial charge in [-0.3, -0.25) is 9.78 Å². The topological polar surface area (TPSA) is 63.3 Å². The van der Waals surface area contributed by atoms with Crippen molar-refractivity contribution in [2.75, 3.05) is 0 Å². The van der Waals surface area contributed by atoms with Gasteiger partial charge >= 0.3 is 0 Å². The number of hydrogen-bond acceptors (Lipinski definition) is 5. The predicted octanol–water partition coefficient (Wildman–Crippen LogP) is 12.4. The van der Waals surface area contributed by atoms with E-state index in [1.807, 2.05) is 33.9 Å². The number of aryl methyl sites for hydroxylation is 1. The Hall–Kier alpha value is -2.79. The van der Waals surface area contributed by atoms with E-state index in [2.05, 4.69) is 90.9 Å². The SMILES string of the molecule is CCC(CC)C(=O)/C=C(\O)C(CC)CC.Cc1c(C(C)(C)C)oc2c1sc1c(-c3[c-]c4ccccc4c(C(C)(C)C)c3)nccc12.[Ir]. The first-order valence-corrected chi connectivity index (χ1v) is 17.7. The molecule has 0 unspecified atom stereocenters. The number of allylic oxidation sites excluding steroid dienone is 2. The van der Waals surface area contributed by atoms with Gasteiger partial charge in [0.1, 0.15) is 5.76 Å². The third kappa shape index (κ3) is 8.27. The molecule has 1 N–H and O–H groups in total. The molecule has 4 nitrogen and oxygen atoms in total. The minimum absolute atomic E-state index is 0. The van der Waals surface area contributed by atoms with Crippen LogP contribution in [0, 0.1) is 24.8 Å². The number of fused-ring (bicyclic) bond motifs is 4. The van der Waals surface area contributed by atoms with Crippen molar-refractivity contribution >= 4 is 48.3 Å². The van der Waals surface area contributed by atoms with Gasteiger partial charge in [0.2, 0.25) is 0 Å². The normalized spacial score (nSPS) is 12.6. The molecule has 0 saturated carbocycles. The summed E-state index contributed by atoms with van der Waals surface area (Å²) in [5, 5.41) is 13.3. The van der Waals surface area contributed by atoms with Crippen LogP contribution in [0.3, 0.4) is 0 Å². The largest absolute Gasteiger partial charge is 0.512 e. The van der Waals surface area contributed by atoms with Crippen LogP contribution in [0.5, 0.6) is 0 Å². The van der Waals surface area contributed by atoms with E-state index in [-0.39, 0.29) is 54.3 Å². The monoisotopic (exact) mass is 831 g/mol. The van der Waals surface area contributed by atoms with Crippen LogP contribution in [-0.4, -0.2) is 15.9 Å². The summed E-state index contributed by atoms with van der Waals surface area (Å²) in [5.41, 5.74) is 5.60. The molecule has 3 aromatic heterocycles. The minimum Gasteiger partial charge on any atom is -0.512 e. The van der Waals surface area contributed by atoms with Crippen molar-refractivity contribution in [3.05, 3.63) is 77.4 Å². The third-order valence-corrected chi connectivity index (χ3v) is 10.4. The Labute approximate surface area is 299 Å². The number of carbonyl (C=O) groups excluding carboxylic acids is 1. The molecule has 0 aliphatic carbocycles. The zero-order valence-corrected chi connectivity index (χ0v) is 33.3. The van der Waals surface area contributed by atoms with E-state index >= 15 is 0 Å². The molecular weight excluding hydrogens is 779 g/mol. The maximum Gasteiger partial charge on any atom is 0.162 e. The molecule has 1 radical (unpaired) electrons. The molecule has 0 aliphatic rings. The fraction of sp³-hybridized carbons (Fsp3) is 0.463. The second-order valence-electron chi connectivity index (χ2n) is 14.5. The molecule has 0 atom stereocenters. The van der Waals surface area contributed by atoms with Gasteiger partial charge in [0.15, 0.2) is 11.4 Å². The van der Waals surface area contributed by atoms with Crippen LogP contribution < -0.4 is 0 Å². The number of aliphatic hydroxyl groups excluding tert-OH is 1. The maximum absolute atomic E-state index is 11.7. The number of furan rings is 1. The van der Waals surface area contributed by atoms with Gasteiger partial charge in [0.05, 0.1) is 10.5 Å². The molecule has 0 spiro atoms. The van der Waals surface area contributed by atoms with Gasteiger partial charge in [0.25, 0.3) is 0 Å². The number of aliphatic hydroxyl groups is 1. The molecule has 3 heterocycles. The molecule has 2 aromatic carbocycles. The van der Waals surface area contributed by atoms with Crippen LogP contribution in [-0.2, 0) is 35.7 Å². The van der Waals surface area contributed by atoms with Gasteiger partial charge in [-0.15, -0.1) is 40.5 Å². The summed E-state index contributed by atoms with van der Waals surface area (Å²) in [4.78, 5) is 16.5. The standard InChI is InChI=1S/C28H28NOS.C13H24O2.Ir/c1-16-24-23(30-26(16)28(5,6)7)20-12-13-29-22(25(20)31-24)18-14-17-10-8-9-11-19(17)21(15-18)27(2,3)4;1-5-10(6-2)12(14)9-13(15)11(7-3)8-4;/h8-13,15H,1-7H3;9-11,14H,5-8H2,1-4H3;/q-1;;/b;12-9-;. The number of carbonyl (C=O) groups is 1. The first kappa shape index (κ1) is 38.7. The van der Waals surface area contributed by atoms with Crippen LogP contribution in [0.4, 0.5) is 0 Å². The Morgan fingerprint density at radius 3 is 2.11 bits per heavy atom. The first-order valence-electron chi connectivity index (χ1n) is 16.9. The van der Waals surface area contributed by atoms with E-state index in [9.17, 15) is 9.90 Å². The Morgan fingerprint density at radius 1 is 0.915 bits per heavy atom. The fourth-order valence-corrected chi connectivity index (χ4v) is 7.52. The van der Waals surface area contributed by atoms with Crippen LogP contribution in [0.15, 0.2) is 58.8 Å². The Bertz CT molecular complexity index is 1860. The summed E-state index contributed by atoms with van der Waals surface area (Å²) < 4.78 is 8.83. The van der Waals surface area contributed by atoms with Gasteiger partial charge in [-0.25, -0.2) is 0 Å². The summed E-state index contributed by atoms with van der Waals surface area (Å²) in [6, 6.07) is 16.5. The van der Waals surface area contributed by atoms with Crippen molar-refractivity contribution in [3.63, 3.8) is 0 Å². The summed E-state index contributed by atoms with van der Waals surface area (Å²) in [6.45, 7) is 23.7. The molecule has 0 amide bonds. The number of ketones is 1. The smallest absolute Gasteiger partial charge is 0.162 e. The number of pyridine rings is 1. The van der Waals surface area contributed by atoms with Crippen molar-refractivity contribution < 1.29 is 34.4 Å². The van der Waals surface area contributed by atoms with Crippen LogP contribution in [0.1, 0.15) is 112 Å². The van der Waals surface area contributed by atoms with Gasteiger partial charge < -0.3 is 9.52 Å². The van der Waals surface area contributed by atoms with Gasteiger partial charge in [0, 0.05) is 71.0 Å². The number of hydrogen-bond donors (Lipinski definition) is 1. The number of aromatic nitrogens is 1. The molecule has 6 heteroatoms. The van der Waals surface area contributed by atoms with E-state index < -0.39 is 0 Å².